The number of nitrogens with zero attached hydrogens (tertiary/aromatic N) is 1. The van der Waals surface area contributed by atoms with E-state index in [9.17, 15) is 21.6 Å². The predicted octanol–water partition coefficient (Wildman–Crippen LogP) is 2.62. The molecule has 0 spiro atoms. The van der Waals surface area contributed by atoms with Gasteiger partial charge in [0.2, 0.25) is 10.0 Å². The van der Waals surface area contributed by atoms with E-state index in [-0.39, 0.29) is 20.8 Å². The van der Waals surface area contributed by atoms with Gasteiger partial charge < -0.3 is 4.74 Å². The number of sulfonamides is 1. The smallest absolute Gasteiger partial charge is 0.402 e. The van der Waals surface area contributed by atoms with Gasteiger partial charge in [0.05, 0.1) is 7.11 Å². The van der Waals surface area contributed by atoms with Crippen LogP contribution in [-0.4, -0.2) is 39.6 Å². The van der Waals surface area contributed by atoms with Crippen LogP contribution >= 0.6 is 11.6 Å². The number of methoxy groups -OCH3 is 1. The molecule has 0 unspecified atom stereocenters. The fourth-order valence-electron chi connectivity index (χ4n) is 1.51. The highest BCUT2D eigenvalue weighted by atomic mass is 35.5. The number of hydrogen-bond acceptors (Lipinski definition) is 3. The van der Waals surface area contributed by atoms with Crippen molar-refractivity contribution < 1.29 is 26.3 Å². The van der Waals surface area contributed by atoms with E-state index in [0.29, 0.717) is 5.56 Å². The summed E-state index contributed by atoms with van der Waals surface area (Å²) >= 11 is 5.60. The Morgan fingerprint density at radius 2 is 1.95 bits per heavy atom. The molecule has 1 rings (SSSR count). The fourth-order valence-corrected chi connectivity index (χ4v) is 3.04. The van der Waals surface area contributed by atoms with Gasteiger partial charge in [-0.2, -0.15) is 17.5 Å². The van der Waals surface area contributed by atoms with Crippen molar-refractivity contribution in [3.8, 4) is 5.75 Å². The Hall–Kier alpha value is -0.990. The zero-order valence-corrected chi connectivity index (χ0v) is 12.3. The molecular formula is C11H13ClF3NO3S. The summed E-state index contributed by atoms with van der Waals surface area (Å²) in [4.78, 5) is -0.343. The molecule has 0 aromatic heterocycles. The van der Waals surface area contributed by atoms with Gasteiger partial charge >= 0.3 is 6.18 Å². The molecule has 0 saturated carbocycles. The van der Waals surface area contributed by atoms with Gasteiger partial charge in [0.1, 0.15) is 17.2 Å². The van der Waals surface area contributed by atoms with Gasteiger partial charge in [-0.3, -0.25) is 0 Å². The summed E-state index contributed by atoms with van der Waals surface area (Å²) in [7, 11) is -2.23. The first kappa shape index (κ1) is 17.1. The molecular weight excluding hydrogens is 319 g/mol. The van der Waals surface area contributed by atoms with E-state index in [1.165, 1.54) is 25.3 Å². The van der Waals surface area contributed by atoms with Crippen molar-refractivity contribution in [1.82, 2.24) is 4.31 Å². The molecule has 0 aliphatic heterocycles. The minimum Gasteiger partial charge on any atom is -0.495 e. The van der Waals surface area contributed by atoms with E-state index in [1.54, 1.807) is 0 Å². The van der Waals surface area contributed by atoms with E-state index >= 15 is 0 Å². The third kappa shape index (κ3) is 4.00. The molecule has 0 amide bonds. The molecule has 0 bridgehead atoms. The van der Waals surface area contributed by atoms with Crippen LogP contribution in [-0.2, 0) is 15.9 Å². The van der Waals surface area contributed by atoms with Gasteiger partial charge in [-0.25, -0.2) is 8.42 Å². The molecule has 1 aromatic rings. The normalized spacial score (nSPS) is 12.8. The Bertz CT molecular complexity index is 575. The lowest BCUT2D eigenvalue weighted by Crippen LogP contribution is -2.36. The van der Waals surface area contributed by atoms with Crippen molar-refractivity contribution in [1.29, 1.82) is 0 Å². The molecule has 0 radical (unpaired) electrons. The summed E-state index contributed by atoms with van der Waals surface area (Å²) in [5.74, 6) is 0.00284. The van der Waals surface area contributed by atoms with E-state index < -0.39 is 22.7 Å². The monoisotopic (exact) mass is 331 g/mol. The van der Waals surface area contributed by atoms with Crippen LogP contribution in [0.2, 0.25) is 0 Å². The van der Waals surface area contributed by atoms with Crippen LogP contribution in [0.4, 0.5) is 13.2 Å². The highest BCUT2D eigenvalue weighted by Crippen LogP contribution is 2.29. The topological polar surface area (TPSA) is 46.6 Å². The number of alkyl halides is 4. The number of halogens is 4. The van der Waals surface area contributed by atoms with E-state index in [0.717, 1.165) is 7.05 Å². The van der Waals surface area contributed by atoms with E-state index in [1.807, 2.05) is 0 Å². The van der Waals surface area contributed by atoms with Gasteiger partial charge in [0.15, 0.2) is 0 Å². The first-order valence-electron chi connectivity index (χ1n) is 5.38. The van der Waals surface area contributed by atoms with Crippen molar-refractivity contribution in [2.75, 3.05) is 20.7 Å². The lowest BCUT2D eigenvalue weighted by Gasteiger charge is -2.20. The van der Waals surface area contributed by atoms with Gasteiger partial charge in [-0.05, 0) is 17.7 Å². The van der Waals surface area contributed by atoms with Crippen molar-refractivity contribution >= 4 is 21.6 Å². The second-order valence-corrected chi connectivity index (χ2v) is 6.28. The number of rotatable bonds is 5. The van der Waals surface area contributed by atoms with Crippen molar-refractivity contribution in [2.24, 2.45) is 0 Å². The third-order valence-corrected chi connectivity index (χ3v) is 4.61. The molecule has 0 atom stereocenters. The molecule has 114 valence electrons. The molecule has 0 saturated heterocycles. The van der Waals surface area contributed by atoms with Crippen LogP contribution in [0.1, 0.15) is 5.56 Å². The summed E-state index contributed by atoms with van der Waals surface area (Å²) in [6.45, 7) is -1.58. The highest BCUT2D eigenvalue weighted by molar-refractivity contribution is 7.89. The van der Waals surface area contributed by atoms with Crippen molar-refractivity contribution in [2.45, 2.75) is 17.0 Å². The number of ether oxygens (including phenoxy) is 1. The predicted molar refractivity (Wildman–Crippen MR) is 68.4 cm³/mol. The summed E-state index contributed by atoms with van der Waals surface area (Å²) in [5, 5.41) is 0. The van der Waals surface area contributed by atoms with Crippen LogP contribution in [0.15, 0.2) is 23.1 Å². The highest BCUT2D eigenvalue weighted by Gasteiger charge is 2.36. The Kier molecular flexibility index (Phi) is 5.28. The van der Waals surface area contributed by atoms with Gasteiger partial charge in [-0.15, -0.1) is 11.6 Å². The standard InChI is InChI=1S/C11H13ClF3NO3S/c1-16(7-11(13,14)15)20(17,18)10-5-8(6-12)3-4-9(10)19-2/h3-5H,6-7H2,1-2H3. The number of benzene rings is 1. The van der Waals surface area contributed by atoms with Gasteiger partial charge in [0, 0.05) is 12.9 Å². The summed E-state index contributed by atoms with van der Waals surface area (Å²) < 4.78 is 66.4. The molecule has 0 N–H and O–H groups in total. The molecule has 4 nitrogen and oxygen atoms in total. The lowest BCUT2D eigenvalue weighted by molar-refractivity contribution is -0.134. The van der Waals surface area contributed by atoms with Gasteiger partial charge in [0.25, 0.3) is 0 Å². The molecule has 0 fully saturated rings. The molecule has 0 aliphatic rings. The zero-order valence-electron chi connectivity index (χ0n) is 10.7. The summed E-state index contributed by atoms with van der Waals surface area (Å²) in [6, 6.07) is 4.09. The van der Waals surface area contributed by atoms with Crippen molar-refractivity contribution in [3.63, 3.8) is 0 Å². The first-order chi connectivity index (χ1) is 9.11. The third-order valence-electron chi connectivity index (χ3n) is 2.47. The average molecular weight is 332 g/mol. The van der Waals surface area contributed by atoms with Crippen LogP contribution in [0.25, 0.3) is 0 Å². The second kappa shape index (κ2) is 6.19. The molecule has 20 heavy (non-hydrogen) atoms. The van der Waals surface area contributed by atoms with Crippen LogP contribution in [0.3, 0.4) is 0 Å². The van der Waals surface area contributed by atoms with Gasteiger partial charge in [-0.1, -0.05) is 6.07 Å². The Morgan fingerprint density at radius 1 is 1.35 bits per heavy atom. The summed E-state index contributed by atoms with van der Waals surface area (Å²) in [6.07, 6.45) is -4.63. The van der Waals surface area contributed by atoms with Crippen LogP contribution in [0.5, 0.6) is 5.75 Å². The van der Waals surface area contributed by atoms with E-state index in [4.69, 9.17) is 16.3 Å². The second-order valence-electron chi connectivity index (χ2n) is 4.00. The zero-order chi connectivity index (χ0) is 15.6. The minimum atomic E-state index is -4.63. The molecule has 1 aromatic carbocycles. The van der Waals surface area contributed by atoms with E-state index in [2.05, 4.69) is 0 Å². The SMILES string of the molecule is COc1ccc(CCl)cc1S(=O)(=O)N(C)CC(F)(F)F. The summed E-state index contributed by atoms with van der Waals surface area (Å²) in [5.41, 5.74) is 0.464. The maximum absolute atomic E-state index is 12.3. The minimum absolute atomic E-state index is 0.0344. The molecule has 9 heteroatoms. The fraction of sp³-hybridized carbons (Fsp3) is 0.455. The molecule has 0 aliphatic carbocycles. The molecule has 0 heterocycles. The lowest BCUT2D eigenvalue weighted by atomic mass is 10.2. The maximum atomic E-state index is 12.3. The Labute approximate surface area is 120 Å². The first-order valence-corrected chi connectivity index (χ1v) is 7.35. The maximum Gasteiger partial charge on any atom is 0.402 e. The number of hydrogen-bond donors (Lipinski definition) is 0. The quantitative estimate of drug-likeness (QED) is 0.779. The Morgan fingerprint density at radius 3 is 2.40 bits per heavy atom. The largest absolute Gasteiger partial charge is 0.495 e. The van der Waals surface area contributed by atoms with Crippen LogP contribution in [0, 0.1) is 0 Å². The van der Waals surface area contributed by atoms with Crippen molar-refractivity contribution in [3.05, 3.63) is 23.8 Å². The average Bonchev–Trinajstić information content (AvgIpc) is 2.35. The van der Waals surface area contributed by atoms with Crippen LogP contribution < -0.4 is 4.74 Å². The Balaban J connectivity index is 3.26.